The third-order valence-corrected chi connectivity index (χ3v) is 4.85. The maximum Gasteiger partial charge on any atom is 0.0271 e. The Bertz CT molecular complexity index is 252. The quantitative estimate of drug-likeness (QED) is 0.786. The number of likely N-dealkylation sites (N-methyl/N-ethyl adjacent to an activating group) is 2. The fourth-order valence-corrected chi connectivity index (χ4v) is 3.74. The molecule has 1 saturated carbocycles. The molecule has 3 heteroatoms. The van der Waals surface area contributed by atoms with Crippen molar-refractivity contribution in [3.8, 4) is 0 Å². The van der Waals surface area contributed by atoms with Gasteiger partial charge in [0.15, 0.2) is 0 Å². The van der Waals surface area contributed by atoms with Crippen molar-refractivity contribution >= 4 is 0 Å². The van der Waals surface area contributed by atoms with Gasteiger partial charge in [0, 0.05) is 25.2 Å². The molecule has 1 aliphatic heterocycles. The van der Waals surface area contributed by atoms with Crippen molar-refractivity contribution in [3.05, 3.63) is 0 Å². The highest BCUT2D eigenvalue weighted by molar-refractivity contribution is 5.00. The molecule has 0 aromatic rings. The third-order valence-electron chi connectivity index (χ3n) is 4.85. The highest BCUT2D eigenvalue weighted by Crippen LogP contribution is 2.39. The Morgan fingerprint density at radius 2 is 1.88 bits per heavy atom. The Kier molecular flexibility index (Phi) is 4.11. The Balaban J connectivity index is 2.01. The molecule has 17 heavy (non-hydrogen) atoms. The van der Waals surface area contributed by atoms with Crippen LogP contribution in [-0.4, -0.2) is 62.2 Å². The summed E-state index contributed by atoms with van der Waals surface area (Å²) in [5, 5.41) is 3.58. The summed E-state index contributed by atoms with van der Waals surface area (Å²) in [5.41, 5.74) is 0.456. The summed E-state index contributed by atoms with van der Waals surface area (Å²) in [6.45, 7) is 9.85. The third kappa shape index (κ3) is 2.83. The van der Waals surface area contributed by atoms with Crippen LogP contribution >= 0.6 is 0 Å². The van der Waals surface area contributed by atoms with Crippen LogP contribution in [0.1, 0.15) is 33.1 Å². The van der Waals surface area contributed by atoms with Gasteiger partial charge in [-0.2, -0.15) is 0 Å². The lowest BCUT2D eigenvalue weighted by Gasteiger charge is -2.36. The van der Waals surface area contributed by atoms with Gasteiger partial charge in [0.2, 0.25) is 0 Å². The SMILES string of the molecule is CNC1C(N2CCCN(C)CC2)CCC1(C)C. The normalized spacial score (nSPS) is 36.0. The number of rotatable bonds is 2. The molecular weight excluding hydrogens is 210 g/mol. The molecular formula is C14H29N3. The molecule has 2 aliphatic rings. The Morgan fingerprint density at radius 1 is 1.12 bits per heavy atom. The summed E-state index contributed by atoms with van der Waals surface area (Å²) < 4.78 is 0. The number of hydrogen-bond donors (Lipinski definition) is 1. The van der Waals surface area contributed by atoms with Gasteiger partial charge in [-0.3, -0.25) is 4.90 Å². The zero-order chi connectivity index (χ0) is 12.5. The summed E-state index contributed by atoms with van der Waals surface area (Å²) in [4.78, 5) is 5.20. The van der Waals surface area contributed by atoms with Crippen molar-refractivity contribution in [1.82, 2.24) is 15.1 Å². The fourth-order valence-electron chi connectivity index (χ4n) is 3.74. The van der Waals surface area contributed by atoms with Gasteiger partial charge in [0.05, 0.1) is 0 Å². The standard InChI is InChI=1S/C14H29N3/c1-14(2)7-6-12(13(14)15-3)17-9-5-8-16(4)10-11-17/h12-13,15H,5-11H2,1-4H3. The average molecular weight is 239 g/mol. The van der Waals surface area contributed by atoms with E-state index in [1.807, 2.05) is 0 Å². The lowest BCUT2D eigenvalue weighted by molar-refractivity contribution is 0.153. The molecule has 1 heterocycles. The molecule has 1 aliphatic carbocycles. The molecule has 2 atom stereocenters. The van der Waals surface area contributed by atoms with Crippen molar-refractivity contribution in [2.75, 3.05) is 40.3 Å². The van der Waals surface area contributed by atoms with E-state index in [-0.39, 0.29) is 0 Å². The van der Waals surface area contributed by atoms with Gasteiger partial charge in [-0.15, -0.1) is 0 Å². The van der Waals surface area contributed by atoms with Crippen molar-refractivity contribution in [3.63, 3.8) is 0 Å². The predicted octanol–water partition coefficient (Wildman–Crippen LogP) is 1.40. The smallest absolute Gasteiger partial charge is 0.0271 e. The van der Waals surface area contributed by atoms with E-state index >= 15 is 0 Å². The van der Waals surface area contributed by atoms with Crippen LogP contribution in [0.5, 0.6) is 0 Å². The largest absolute Gasteiger partial charge is 0.315 e. The minimum Gasteiger partial charge on any atom is -0.315 e. The van der Waals surface area contributed by atoms with E-state index in [0.29, 0.717) is 11.5 Å². The maximum atomic E-state index is 3.58. The van der Waals surface area contributed by atoms with Gasteiger partial charge in [-0.1, -0.05) is 13.8 Å². The van der Waals surface area contributed by atoms with Gasteiger partial charge < -0.3 is 10.2 Å². The zero-order valence-electron chi connectivity index (χ0n) is 12.0. The Hall–Kier alpha value is -0.120. The topological polar surface area (TPSA) is 18.5 Å². The van der Waals surface area contributed by atoms with Gasteiger partial charge in [-0.05, 0) is 51.9 Å². The van der Waals surface area contributed by atoms with Crippen LogP contribution in [0, 0.1) is 5.41 Å². The first kappa shape index (κ1) is 13.3. The summed E-state index contributed by atoms with van der Waals surface area (Å²) in [7, 11) is 4.38. The highest BCUT2D eigenvalue weighted by atomic mass is 15.2. The van der Waals surface area contributed by atoms with Crippen molar-refractivity contribution < 1.29 is 0 Å². The molecule has 2 unspecified atom stereocenters. The second-order valence-corrected chi connectivity index (χ2v) is 6.55. The first-order valence-electron chi connectivity index (χ1n) is 7.14. The van der Waals surface area contributed by atoms with Gasteiger partial charge in [0.1, 0.15) is 0 Å². The highest BCUT2D eigenvalue weighted by Gasteiger charge is 2.43. The minimum absolute atomic E-state index is 0.456. The molecule has 1 saturated heterocycles. The Labute approximate surface area is 107 Å². The fraction of sp³-hybridized carbons (Fsp3) is 1.00. The molecule has 0 aromatic carbocycles. The maximum absolute atomic E-state index is 3.58. The molecule has 2 rings (SSSR count). The van der Waals surface area contributed by atoms with Crippen LogP contribution in [-0.2, 0) is 0 Å². The molecule has 2 fully saturated rings. The summed E-state index contributed by atoms with van der Waals surface area (Å²) in [5.74, 6) is 0. The lowest BCUT2D eigenvalue weighted by atomic mass is 9.86. The van der Waals surface area contributed by atoms with Crippen LogP contribution in [0.2, 0.25) is 0 Å². The van der Waals surface area contributed by atoms with Crippen LogP contribution in [0.4, 0.5) is 0 Å². The van der Waals surface area contributed by atoms with E-state index in [1.165, 1.54) is 45.4 Å². The molecule has 0 amide bonds. The van der Waals surface area contributed by atoms with E-state index in [4.69, 9.17) is 0 Å². The molecule has 0 spiro atoms. The van der Waals surface area contributed by atoms with Crippen LogP contribution in [0.15, 0.2) is 0 Å². The van der Waals surface area contributed by atoms with Crippen molar-refractivity contribution in [2.24, 2.45) is 5.41 Å². The van der Waals surface area contributed by atoms with Gasteiger partial charge in [0.25, 0.3) is 0 Å². The number of hydrogen-bond acceptors (Lipinski definition) is 3. The zero-order valence-corrected chi connectivity index (χ0v) is 12.0. The number of nitrogens with zero attached hydrogens (tertiary/aromatic N) is 2. The van der Waals surface area contributed by atoms with Crippen molar-refractivity contribution in [1.29, 1.82) is 0 Å². The van der Waals surface area contributed by atoms with Crippen LogP contribution in [0.25, 0.3) is 0 Å². The molecule has 0 radical (unpaired) electrons. The number of nitrogens with one attached hydrogen (secondary N) is 1. The van der Waals surface area contributed by atoms with Crippen molar-refractivity contribution in [2.45, 2.75) is 45.2 Å². The molecule has 1 N–H and O–H groups in total. The monoisotopic (exact) mass is 239 g/mol. The summed E-state index contributed by atoms with van der Waals surface area (Å²) in [6, 6.07) is 1.41. The second kappa shape index (κ2) is 5.25. The summed E-state index contributed by atoms with van der Waals surface area (Å²) >= 11 is 0. The molecule has 0 bridgehead atoms. The lowest BCUT2D eigenvalue weighted by Crippen LogP contribution is -2.51. The minimum atomic E-state index is 0.456. The van der Waals surface area contributed by atoms with Crippen LogP contribution < -0.4 is 5.32 Å². The van der Waals surface area contributed by atoms with Gasteiger partial charge in [-0.25, -0.2) is 0 Å². The van der Waals surface area contributed by atoms with E-state index in [0.717, 1.165) is 6.04 Å². The van der Waals surface area contributed by atoms with E-state index in [1.54, 1.807) is 0 Å². The average Bonchev–Trinajstić information content (AvgIpc) is 2.45. The van der Waals surface area contributed by atoms with Crippen LogP contribution in [0.3, 0.4) is 0 Å². The Morgan fingerprint density at radius 3 is 2.59 bits per heavy atom. The molecule has 3 nitrogen and oxygen atoms in total. The first-order chi connectivity index (χ1) is 8.04. The first-order valence-corrected chi connectivity index (χ1v) is 7.14. The van der Waals surface area contributed by atoms with Gasteiger partial charge >= 0.3 is 0 Å². The molecule has 0 aromatic heterocycles. The summed E-state index contributed by atoms with van der Waals surface area (Å²) in [6.07, 6.45) is 4.04. The van der Waals surface area contributed by atoms with E-state index in [9.17, 15) is 0 Å². The second-order valence-electron chi connectivity index (χ2n) is 6.55. The molecule has 100 valence electrons. The van der Waals surface area contributed by atoms with E-state index < -0.39 is 0 Å². The van der Waals surface area contributed by atoms with E-state index in [2.05, 4.69) is 43.1 Å². The predicted molar refractivity (Wildman–Crippen MR) is 73.3 cm³/mol.